The van der Waals surface area contributed by atoms with Crippen molar-refractivity contribution in [2.75, 3.05) is 0 Å². The molecule has 1 aromatic rings. The fourth-order valence-electron chi connectivity index (χ4n) is 1.59. The van der Waals surface area contributed by atoms with Crippen LogP contribution in [0.5, 0.6) is 0 Å². The van der Waals surface area contributed by atoms with Gasteiger partial charge in [-0.1, -0.05) is 19.1 Å². The van der Waals surface area contributed by atoms with Crippen molar-refractivity contribution in [3.05, 3.63) is 11.4 Å². The van der Waals surface area contributed by atoms with Gasteiger partial charge in [-0.15, -0.1) is 5.10 Å². The Balaban J connectivity index is 2.94. The summed E-state index contributed by atoms with van der Waals surface area (Å²) in [6.07, 6.45) is 2.45. The molecule has 0 saturated heterocycles. The lowest BCUT2D eigenvalue weighted by atomic mass is 10.1. The van der Waals surface area contributed by atoms with E-state index in [1.54, 1.807) is 0 Å². The first-order valence-electron chi connectivity index (χ1n) is 5.02. The Bertz CT molecular complexity index is 330. The summed E-state index contributed by atoms with van der Waals surface area (Å²) >= 11 is 0. The van der Waals surface area contributed by atoms with Gasteiger partial charge in [0.2, 0.25) is 0 Å². The first-order valence-corrected chi connectivity index (χ1v) is 5.02. The minimum Gasteiger partial charge on any atom is -0.246 e. The second kappa shape index (κ2) is 4.75. The Morgan fingerprint density at radius 3 is 2.57 bits per heavy atom. The number of hydrogen-bond donors (Lipinski definition) is 0. The van der Waals surface area contributed by atoms with Gasteiger partial charge in [0.15, 0.2) is 0 Å². The summed E-state index contributed by atoms with van der Waals surface area (Å²) in [5, 5.41) is 16.7. The minimum absolute atomic E-state index is 0.353. The predicted octanol–water partition coefficient (Wildman–Crippen LogP) is 2.01. The monoisotopic (exact) mass is 192 g/mol. The zero-order valence-electron chi connectivity index (χ0n) is 8.99. The summed E-state index contributed by atoms with van der Waals surface area (Å²) < 4.78 is 1.94. The maximum atomic E-state index is 8.58. The molecule has 0 N–H and O–H groups in total. The van der Waals surface area contributed by atoms with Crippen molar-refractivity contribution in [2.24, 2.45) is 0 Å². The van der Waals surface area contributed by atoms with Crippen LogP contribution in [0.3, 0.4) is 0 Å². The molecular formula is C10H16N4. The van der Waals surface area contributed by atoms with E-state index in [0.717, 1.165) is 24.2 Å². The topological polar surface area (TPSA) is 54.5 Å². The summed E-state index contributed by atoms with van der Waals surface area (Å²) in [5.74, 6) is 0. The maximum absolute atomic E-state index is 8.58. The Morgan fingerprint density at radius 2 is 2.07 bits per heavy atom. The van der Waals surface area contributed by atoms with Crippen molar-refractivity contribution in [3.8, 4) is 6.07 Å². The van der Waals surface area contributed by atoms with Gasteiger partial charge < -0.3 is 0 Å². The number of rotatable bonds is 4. The zero-order chi connectivity index (χ0) is 10.6. The molecule has 0 fully saturated rings. The molecule has 0 saturated carbocycles. The van der Waals surface area contributed by atoms with Crippen molar-refractivity contribution in [2.45, 2.75) is 46.1 Å². The zero-order valence-corrected chi connectivity index (χ0v) is 8.99. The second-order valence-electron chi connectivity index (χ2n) is 3.37. The summed E-state index contributed by atoms with van der Waals surface area (Å²) in [6, 6.07) is 2.51. The molecule has 0 unspecified atom stereocenters. The number of aromatic nitrogens is 3. The minimum atomic E-state index is 0.353. The van der Waals surface area contributed by atoms with E-state index in [9.17, 15) is 0 Å². The van der Waals surface area contributed by atoms with E-state index in [-0.39, 0.29) is 0 Å². The third kappa shape index (κ3) is 1.92. The van der Waals surface area contributed by atoms with Gasteiger partial charge >= 0.3 is 0 Å². The van der Waals surface area contributed by atoms with E-state index >= 15 is 0 Å². The lowest BCUT2D eigenvalue weighted by Crippen LogP contribution is -2.10. The largest absolute Gasteiger partial charge is 0.246 e. The highest BCUT2D eigenvalue weighted by atomic mass is 15.4. The lowest BCUT2D eigenvalue weighted by molar-refractivity contribution is 0.410. The van der Waals surface area contributed by atoms with E-state index in [1.165, 1.54) is 0 Å². The number of nitrogens with zero attached hydrogens (tertiary/aromatic N) is 4. The SMILES string of the molecule is CCC(CC)n1nnc(CC#N)c1C. The quantitative estimate of drug-likeness (QED) is 0.733. The molecule has 0 bridgehead atoms. The van der Waals surface area contributed by atoms with Crippen molar-refractivity contribution in [3.63, 3.8) is 0 Å². The van der Waals surface area contributed by atoms with Crippen molar-refractivity contribution < 1.29 is 0 Å². The van der Waals surface area contributed by atoms with E-state index in [0.29, 0.717) is 12.5 Å². The van der Waals surface area contributed by atoms with Gasteiger partial charge in [0.25, 0.3) is 0 Å². The Hall–Kier alpha value is -1.37. The molecule has 14 heavy (non-hydrogen) atoms. The third-order valence-corrected chi connectivity index (χ3v) is 2.56. The van der Waals surface area contributed by atoms with Crippen LogP contribution in [0.1, 0.15) is 44.1 Å². The fraction of sp³-hybridized carbons (Fsp3) is 0.700. The van der Waals surface area contributed by atoms with E-state index in [1.807, 2.05) is 11.6 Å². The third-order valence-electron chi connectivity index (χ3n) is 2.56. The molecule has 1 aromatic heterocycles. The Morgan fingerprint density at radius 1 is 1.43 bits per heavy atom. The highest BCUT2D eigenvalue weighted by Crippen LogP contribution is 2.17. The van der Waals surface area contributed by atoms with Gasteiger partial charge in [0.05, 0.1) is 29.9 Å². The smallest absolute Gasteiger partial charge is 0.0996 e. The average Bonchev–Trinajstić information content (AvgIpc) is 2.53. The molecule has 1 heterocycles. The molecule has 0 aliphatic heterocycles. The Kier molecular flexibility index (Phi) is 3.63. The van der Waals surface area contributed by atoms with Gasteiger partial charge in [0, 0.05) is 0 Å². The number of nitriles is 1. The summed E-state index contributed by atoms with van der Waals surface area (Å²) in [4.78, 5) is 0. The van der Waals surface area contributed by atoms with Gasteiger partial charge in [-0.05, 0) is 19.8 Å². The predicted molar refractivity (Wildman–Crippen MR) is 53.7 cm³/mol. The van der Waals surface area contributed by atoms with Crippen LogP contribution in [0.2, 0.25) is 0 Å². The van der Waals surface area contributed by atoms with Crippen LogP contribution in [0, 0.1) is 18.3 Å². The molecule has 0 aliphatic carbocycles. The van der Waals surface area contributed by atoms with Crippen LogP contribution < -0.4 is 0 Å². The average molecular weight is 192 g/mol. The molecule has 1 rings (SSSR count). The van der Waals surface area contributed by atoms with Gasteiger partial charge in [-0.25, -0.2) is 4.68 Å². The molecule has 4 nitrogen and oxygen atoms in total. The second-order valence-corrected chi connectivity index (χ2v) is 3.37. The standard InChI is InChI=1S/C10H16N4/c1-4-9(5-2)14-8(3)10(6-7-11)12-13-14/h9H,4-6H2,1-3H3. The summed E-state index contributed by atoms with van der Waals surface area (Å²) in [6.45, 7) is 6.25. The van der Waals surface area contributed by atoms with Gasteiger partial charge in [0.1, 0.15) is 0 Å². The van der Waals surface area contributed by atoms with Crippen molar-refractivity contribution in [1.29, 1.82) is 5.26 Å². The normalized spacial score (nSPS) is 10.5. The first-order chi connectivity index (χ1) is 6.74. The van der Waals surface area contributed by atoms with E-state index in [2.05, 4.69) is 30.2 Å². The molecule has 0 aliphatic rings. The first kappa shape index (κ1) is 10.7. The van der Waals surface area contributed by atoms with Crippen LogP contribution in [-0.4, -0.2) is 15.0 Å². The molecule has 0 amide bonds. The Labute approximate surface area is 84.5 Å². The molecule has 0 spiro atoms. The fourth-order valence-corrected chi connectivity index (χ4v) is 1.59. The molecule has 0 radical (unpaired) electrons. The molecular weight excluding hydrogens is 176 g/mol. The number of hydrogen-bond acceptors (Lipinski definition) is 3. The highest BCUT2D eigenvalue weighted by molar-refractivity contribution is 5.12. The van der Waals surface area contributed by atoms with Crippen LogP contribution in [-0.2, 0) is 6.42 Å². The van der Waals surface area contributed by atoms with Crippen molar-refractivity contribution in [1.82, 2.24) is 15.0 Å². The summed E-state index contributed by atoms with van der Waals surface area (Å²) in [5.41, 5.74) is 1.83. The van der Waals surface area contributed by atoms with Gasteiger partial charge in [-0.2, -0.15) is 5.26 Å². The van der Waals surface area contributed by atoms with Crippen LogP contribution in [0.15, 0.2) is 0 Å². The van der Waals surface area contributed by atoms with Gasteiger partial charge in [-0.3, -0.25) is 0 Å². The van der Waals surface area contributed by atoms with E-state index in [4.69, 9.17) is 5.26 Å². The van der Waals surface area contributed by atoms with E-state index < -0.39 is 0 Å². The highest BCUT2D eigenvalue weighted by Gasteiger charge is 2.13. The molecule has 76 valence electrons. The molecule has 4 heteroatoms. The lowest BCUT2D eigenvalue weighted by Gasteiger charge is -2.13. The maximum Gasteiger partial charge on any atom is 0.0996 e. The van der Waals surface area contributed by atoms with Crippen LogP contribution in [0.25, 0.3) is 0 Å². The summed E-state index contributed by atoms with van der Waals surface area (Å²) in [7, 11) is 0. The van der Waals surface area contributed by atoms with Crippen LogP contribution >= 0.6 is 0 Å². The van der Waals surface area contributed by atoms with Crippen molar-refractivity contribution >= 4 is 0 Å². The molecule has 0 aromatic carbocycles. The molecule has 0 atom stereocenters. The van der Waals surface area contributed by atoms with Crippen LogP contribution in [0.4, 0.5) is 0 Å².